The minimum Gasteiger partial charge on any atom is -0.365 e. The molecule has 3 heterocycles. The van der Waals surface area contributed by atoms with Crippen LogP contribution >= 0.6 is 0 Å². The minimum atomic E-state index is -0.433. The summed E-state index contributed by atoms with van der Waals surface area (Å²) >= 11 is 0. The van der Waals surface area contributed by atoms with Gasteiger partial charge in [0.05, 0.1) is 24.0 Å². The van der Waals surface area contributed by atoms with E-state index in [4.69, 9.17) is 4.74 Å². The molecule has 0 spiro atoms. The molecule has 0 aromatic carbocycles. The molecule has 86 valence electrons. The van der Waals surface area contributed by atoms with E-state index in [0.29, 0.717) is 0 Å². The average molecular weight is 221 g/mol. The van der Waals surface area contributed by atoms with Crippen molar-refractivity contribution < 1.29 is 14.3 Å². The third-order valence-electron chi connectivity index (χ3n) is 3.58. The van der Waals surface area contributed by atoms with E-state index in [1.165, 1.54) is 4.90 Å². The number of carbonyl (C=O) groups is 2. The van der Waals surface area contributed by atoms with E-state index in [2.05, 4.69) is 0 Å². The second-order valence-electron chi connectivity index (χ2n) is 5.68. The van der Waals surface area contributed by atoms with Gasteiger partial charge in [0.25, 0.3) is 0 Å². The Hall–Kier alpha value is -1.16. The van der Waals surface area contributed by atoms with E-state index in [9.17, 15) is 9.59 Å². The van der Waals surface area contributed by atoms with Gasteiger partial charge in [0, 0.05) is 5.54 Å². The van der Waals surface area contributed by atoms with Gasteiger partial charge in [-0.1, -0.05) is 12.2 Å². The highest BCUT2D eigenvalue weighted by atomic mass is 16.5. The fourth-order valence-corrected chi connectivity index (χ4v) is 2.96. The molecule has 2 amide bonds. The highest BCUT2D eigenvalue weighted by molar-refractivity contribution is 6.07. The van der Waals surface area contributed by atoms with Crippen LogP contribution in [0.25, 0.3) is 0 Å². The van der Waals surface area contributed by atoms with Crippen molar-refractivity contribution >= 4 is 11.8 Å². The second-order valence-corrected chi connectivity index (χ2v) is 5.68. The molecule has 3 rings (SSSR count). The summed E-state index contributed by atoms with van der Waals surface area (Å²) in [4.78, 5) is 25.9. The van der Waals surface area contributed by atoms with E-state index in [-0.39, 0.29) is 35.9 Å². The molecular weight excluding hydrogens is 206 g/mol. The monoisotopic (exact) mass is 221 g/mol. The first-order chi connectivity index (χ1) is 7.41. The van der Waals surface area contributed by atoms with Crippen molar-refractivity contribution in [2.24, 2.45) is 11.8 Å². The lowest BCUT2D eigenvalue weighted by Crippen LogP contribution is -2.47. The van der Waals surface area contributed by atoms with E-state index < -0.39 is 5.54 Å². The molecule has 0 radical (unpaired) electrons. The maximum absolute atomic E-state index is 12.2. The highest BCUT2D eigenvalue weighted by Crippen LogP contribution is 2.46. The standard InChI is InChI=1S/C12H15NO3/c1-12(2,3)13-10(14)8-6-4-5-7(16-6)9(8)11(13)15/h4-9H,1-3H3. The molecule has 2 saturated heterocycles. The summed E-state index contributed by atoms with van der Waals surface area (Å²) in [7, 11) is 0. The summed E-state index contributed by atoms with van der Waals surface area (Å²) in [6, 6.07) is 0. The number of nitrogens with zero attached hydrogens (tertiary/aromatic N) is 1. The number of ether oxygens (including phenoxy) is 1. The predicted octanol–water partition coefficient (Wildman–Crippen LogP) is 0.723. The molecule has 4 heteroatoms. The Morgan fingerprint density at radius 2 is 1.50 bits per heavy atom. The van der Waals surface area contributed by atoms with Gasteiger partial charge in [-0.3, -0.25) is 14.5 Å². The minimum absolute atomic E-state index is 0.0700. The molecule has 2 fully saturated rings. The zero-order valence-corrected chi connectivity index (χ0v) is 9.64. The van der Waals surface area contributed by atoms with Crippen LogP contribution in [0.15, 0.2) is 12.2 Å². The van der Waals surface area contributed by atoms with Crippen LogP contribution in [0.3, 0.4) is 0 Å². The highest BCUT2D eigenvalue weighted by Gasteiger charge is 2.62. The summed E-state index contributed by atoms with van der Waals surface area (Å²) in [6.45, 7) is 5.67. The van der Waals surface area contributed by atoms with Crippen molar-refractivity contribution in [2.45, 2.75) is 38.5 Å². The number of amides is 2. The van der Waals surface area contributed by atoms with Crippen molar-refractivity contribution in [1.29, 1.82) is 0 Å². The normalized spacial score (nSPS) is 41.1. The van der Waals surface area contributed by atoms with Crippen molar-refractivity contribution in [3.05, 3.63) is 12.2 Å². The van der Waals surface area contributed by atoms with Crippen LogP contribution in [0.1, 0.15) is 20.8 Å². The van der Waals surface area contributed by atoms with Gasteiger partial charge in [-0.15, -0.1) is 0 Å². The third-order valence-corrected chi connectivity index (χ3v) is 3.58. The molecule has 0 saturated carbocycles. The number of imide groups is 1. The maximum atomic E-state index is 12.2. The van der Waals surface area contributed by atoms with Crippen LogP contribution in [-0.2, 0) is 14.3 Å². The van der Waals surface area contributed by atoms with Crippen LogP contribution in [0.2, 0.25) is 0 Å². The van der Waals surface area contributed by atoms with Gasteiger partial charge in [-0.2, -0.15) is 0 Å². The van der Waals surface area contributed by atoms with E-state index >= 15 is 0 Å². The van der Waals surface area contributed by atoms with Crippen molar-refractivity contribution in [3.63, 3.8) is 0 Å². The molecule has 3 aliphatic rings. The lowest BCUT2D eigenvalue weighted by Gasteiger charge is -2.31. The average Bonchev–Trinajstić information content (AvgIpc) is 2.77. The van der Waals surface area contributed by atoms with Crippen LogP contribution < -0.4 is 0 Å². The first kappa shape index (κ1) is 10.0. The largest absolute Gasteiger partial charge is 0.365 e. The van der Waals surface area contributed by atoms with E-state index in [0.717, 1.165) is 0 Å². The lowest BCUT2D eigenvalue weighted by atomic mass is 9.85. The van der Waals surface area contributed by atoms with E-state index in [1.807, 2.05) is 32.9 Å². The molecule has 0 aromatic rings. The summed E-state index contributed by atoms with van der Waals surface area (Å²) in [5.41, 5.74) is -0.433. The molecule has 2 bridgehead atoms. The number of likely N-dealkylation sites (tertiary alicyclic amines) is 1. The quantitative estimate of drug-likeness (QED) is 0.447. The molecule has 4 nitrogen and oxygen atoms in total. The van der Waals surface area contributed by atoms with Gasteiger partial charge in [-0.25, -0.2) is 0 Å². The van der Waals surface area contributed by atoms with E-state index in [1.54, 1.807) is 0 Å². The van der Waals surface area contributed by atoms with Crippen LogP contribution in [0, 0.1) is 11.8 Å². The Morgan fingerprint density at radius 3 is 1.88 bits per heavy atom. The SMILES string of the molecule is CC(C)(C)N1C(=O)C2C3C=CC(O3)C2C1=O. The summed E-state index contributed by atoms with van der Waals surface area (Å²) < 4.78 is 5.56. The lowest BCUT2D eigenvalue weighted by molar-refractivity contribution is -0.147. The van der Waals surface area contributed by atoms with Gasteiger partial charge >= 0.3 is 0 Å². The Kier molecular flexibility index (Phi) is 1.72. The van der Waals surface area contributed by atoms with Gasteiger partial charge < -0.3 is 4.74 Å². The molecule has 4 unspecified atom stereocenters. The maximum Gasteiger partial charge on any atom is 0.236 e. The number of rotatable bonds is 0. The Labute approximate surface area is 94.2 Å². The number of hydrogen-bond acceptors (Lipinski definition) is 3. The van der Waals surface area contributed by atoms with Gasteiger partial charge in [0.15, 0.2) is 0 Å². The summed E-state index contributed by atoms with van der Waals surface area (Å²) in [6.07, 6.45) is 3.45. The molecular formula is C12H15NO3. The van der Waals surface area contributed by atoms with Gasteiger partial charge in [0.2, 0.25) is 11.8 Å². The van der Waals surface area contributed by atoms with Gasteiger partial charge in [-0.05, 0) is 20.8 Å². The van der Waals surface area contributed by atoms with Crippen LogP contribution in [0.5, 0.6) is 0 Å². The smallest absolute Gasteiger partial charge is 0.236 e. The zero-order chi connectivity index (χ0) is 11.7. The Morgan fingerprint density at radius 1 is 1.06 bits per heavy atom. The molecule has 3 aliphatic heterocycles. The Balaban J connectivity index is 2.01. The van der Waals surface area contributed by atoms with Crippen molar-refractivity contribution in [2.75, 3.05) is 0 Å². The molecule has 4 atom stereocenters. The number of hydrogen-bond donors (Lipinski definition) is 0. The van der Waals surface area contributed by atoms with Crippen LogP contribution in [0.4, 0.5) is 0 Å². The molecule has 0 aromatic heterocycles. The first-order valence-corrected chi connectivity index (χ1v) is 5.63. The zero-order valence-electron chi connectivity index (χ0n) is 9.64. The second kappa shape index (κ2) is 2.74. The van der Waals surface area contributed by atoms with Crippen molar-refractivity contribution in [3.8, 4) is 0 Å². The van der Waals surface area contributed by atoms with Crippen molar-refractivity contribution in [1.82, 2.24) is 4.90 Å². The number of fused-ring (bicyclic) bond motifs is 5. The predicted molar refractivity (Wildman–Crippen MR) is 56.4 cm³/mol. The van der Waals surface area contributed by atoms with Gasteiger partial charge in [0.1, 0.15) is 0 Å². The Bertz CT molecular complexity index is 377. The summed E-state index contributed by atoms with van der Waals surface area (Å²) in [5.74, 6) is -0.692. The van der Waals surface area contributed by atoms with Crippen LogP contribution in [-0.4, -0.2) is 34.5 Å². The first-order valence-electron chi connectivity index (χ1n) is 5.63. The fraction of sp³-hybridized carbons (Fsp3) is 0.667. The molecule has 0 aliphatic carbocycles. The molecule has 0 N–H and O–H groups in total. The fourth-order valence-electron chi connectivity index (χ4n) is 2.96. The third kappa shape index (κ3) is 1.03. The molecule has 16 heavy (non-hydrogen) atoms. The number of carbonyl (C=O) groups excluding carboxylic acids is 2. The summed E-state index contributed by atoms with van der Waals surface area (Å²) in [5, 5.41) is 0. The topological polar surface area (TPSA) is 46.6 Å².